The van der Waals surface area contributed by atoms with Gasteiger partial charge in [-0.25, -0.2) is 10.2 Å². The largest absolute Gasteiger partial charge is 0.423 e. The highest BCUT2D eigenvalue weighted by Crippen LogP contribution is 2.29. The summed E-state index contributed by atoms with van der Waals surface area (Å²) in [6.45, 7) is 1.83. The van der Waals surface area contributed by atoms with E-state index in [2.05, 4.69) is 15.8 Å². The minimum atomic E-state index is -0.985. The van der Waals surface area contributed by atoms with Crippen LogP contribution in [0.25, 0.3) is 0 Å². The van der Waals surface area contributed by atoms with Crippen LogP contribution in [0, 0.1) is 6.92 Å². The molecule has 0 heterocycles. The van der Waals surface area contributed by atoms with Crippen LogP contribution in [0.3, 0.4) is 0 Å². The zero-order valence-electron chi connectivity index (χ0n) is 16.8. The van der Waals surface area contributed by atoms with E-state index in [4.69, 9.17) is 27.9 Å². The molecule has 0 aliphatic rings. The van der Waals surface area contributed by atoms with E-state index >= 15 is 0 Å². The van der Waals surface area contributed by atoms with Crippen molar-refractivity contribution in [1.29, 1.82) is 0 Å². The summed E-state index contributed by atoms with van der Waals surface area (Å²) in [6, 6.07) is 18.2. The SMILES string of the molecule is Cc1ccccc1C(=O)Oc1ccc(/C=N/NC(=O)C(=O)Nc2cccc(Cl)c2Cl)cc1. The topological polar surface area (TPSA) is 96.9 Å². The Labute approximate surface area is 194 Å². The maximum atomic E-state index is 12.3. The number of amides is 2. The Balaban J connectivity index is 1.53. The summed E-state index contributed by atoms with van der Waals surface area (Å²) in [4.78, 5) is 36.1. The Morgan fingerprint density at radius 1 is 0.906 bits per heavy atom. The van der Waals surface area contributed by atoms with Crippen LogP contribution in [0.2, 0.25) is 10.0 Å². The second-order valence-electron chi connectivity index (χ2n) is 6.53. The van der Waals surface area contributed by atoms with Gasteiger partial charge in [0.25, 0.3) is 0 Å². The highest BCUT2D eigenvalue weighted by molar-refractivity contribution is 6.45. The van der Waals surface area contributed by atoms with Crippen molar-refractivity contribution in [2.45, 2.75) is 6.92 Å². The van der Waals surface area contributed by atoms with Crippen molar-refractivity contribution in [3.8, 4) is 5.75 Å². The molecule has 2 N–H and O–H groups in total. The molecular weight excluding hydrogens is 453 g/mol. The zero-order chi connectivity index (χ0) is 23.1. The molecule has 3 rings (SSSR count). The van der Waals surface area contributed by atoms with Crippen LogP contribution in [0.4, 0.5) is 5.69 Å². The zero-order valence-corrected chi connectivity index (χ0v) is 18.3. The fourth-order valence-corrected chi connectivity index (χ4v) is 2.93. The molecular formula is C23H17Cl2N3O4. The van der Waals surface area contributed by atoms with Gasteiger partial charge in [0.2, 0.25) is 0 Å². The number of nitrogens with zero attached hydrogens (tertiary/aromatic N) is 1. The van der Waals surface area contributed by atoms with E-state index in [1.165, 1.54) is 12.3 Å². The first-order valence-corrected chi connectivity index (χ1v) is 10.1. The monoisotopic (exact) mass is 469 g/mol. The highest BCUT2D eigenvalue weighted by atomic mass is 35.5. The van der Waals surface area contributed by atoms with Crippen molar-refractivity contribution in [2.75, 3.05) is 5.32 Å². The molecule has 0 radical (unpaired) electrons. The lowest BCUT2D eigenvalue weighted by Gasteiger charge is -2.07. The average Bonchev–Trinajstić information content (AvgIpc) is 2.78. The number of carbonyl (C=O) groups is 3. The van der Waals surface area contributed by atoms with Gasteiger partial charge in [0, 0.05) is 0 Å². The lowest BCUT2D eigenvalue weighted by atomic mass is 10.1. The number of hydrazone groups is 1. The van der Waals surface area contributed by atoms with Crippen molar-refractivity contribution in [2.24, 2.45) is 5.10 Å². The number of hydrogen-bond acceptors (Lipinski definition) is 5. The number of hydrogen-bond donors (Lipinski definition) is 2. The Hall–Kier alpha value is -3.68. The van der Waals surface area contributed by atoms with Crippen LogP contribution in [0.5, 0.6) is 5.75 Å². The molecule has 32 heavy (non-hydrogen) atoms. The summed E-state index contributed by atoms with van der Waals surface area (Å²) < 4.78 is 5.36. The van der Waals surface area contributed by atoms with Crippen LogP contribution in [0.1, 0.15) is 21.5 Å². The minimum Gasteiger partial charge on any atom is -0.423 e. The predicted molar refractivity (Wildman–Crippen MR) is 123 cm³/mol. The molecule has 0 saturated carbocycles. The van der Waals surface area contributed by atoms with E-state index in [9.17, 15) is 14.4 Å². The van der Waals surface area contributed by atoms with Crippen LogP contribution < -0.4 is 15.5 Å². The van der Waals surface area contributed by atoms with Gasteiger partial charge in [-0.2, -0.15) is 5.10 Å². The van der Waals surface area contributed by atoms with Crippen LogP contribution >= 0.6 is 23.2 Å². The smallest absolute Gasteiger partial charge is 0.343 e. The molecule has 0 aliphatic heterocycles. The van der Waals surface area contributed by atoms with E-state index in [-0.39, 0.29) is 15.7 Å². The summed E-state index contributed by atoms with van der Waals surface area (Å²) >= 11 is 11.8. The Bertz CT molecular complexity index is 1190. The van der Waals surface area contributed by atoms with Crippen LogP contribution in [0.15, 0.2) is 71.8 Å². The number of carbonyl (C=O) groups excluding carboxylic acids is 3. The van der Waals surface area contributed by atoms with Gasteiger partial charge in [-0.1, -0.05) is 47.5 Å². The van der Waals surface area contributed by atoms with E-state index in [0.717, 1.165) is 5.56 Å². The number of aryl methyl sites for hydroxylation is 1. The summed E-state index contributed by atoms with van der Waals surface area (Å²) in [6.07, 6.45) is 1.34. The van der Waals surface area contributed by atoms with E-state index < -0.39 is 17.8 Å². The molecule has 0 fully saturated rings. The second kappa shape index (κ2) is 10.6. The molecule has 0 spiro atoms. The van der Waals surface area contributed by atoms with Gasteiger partial charge in [0.15, 0.2) is 0 Å². The van der Waals surface area contributed by atoms with Gasteiger partial charge in [0.1, 0.15) is 5.75 Å². The number of nitrogens with one attached hydrogen (secondary N) is 2. The molecule has 7 nitrogen and oxygen atoms in total. The molecule has 0 aromatic heterocycles. The van der Waals surface area contributed by atoms with Gasteiger partial charge in [-0.05, 0) is 60.5 Å². The first-order chi connectivity index (χ1) is 15.3. The minimum absolute atomic E-state index is 0.127. The number of esters is 1. The van der Waals surface area contributed by atoms with Gasteiger partial charge in [-0.3, -0.25) is 9.59 Å². The number of rotatable bonds is 5. The lowest BCUT2D eigenvalue weighted by Crippen LogP contribution is -2.32. The third kappa shape index (κ3) is 5.94. The van der Waals surface area contributed by atoms with Gasteiger partial charge in [0.05, 0.1) is 27.5 Å². The number of halogens is 2. The van der Waals surface area contributed by atoms with Crippen molar-refractivity contribution in [3.63, 3.8) is 0 Å². The van der Waals surface area contributed by atoms with Gasteiger partial charge < -0.3 is 10.1 Å². The quantitative estimate of drug-likeness (QED) is 0.187. The van der Waals surface area contributed by atoms with Crippen molar-refractivity contribution in [1.82, 2.24) is 5.43 Å². The van der Waals surface area contributed by atoms with Gasteiger partial charge >= 0.3 is 17.8 Å². The highest BCUT2D eigenvalue weighted by Gasteiger charge is 2.15. The molecule has 0 saturated heterocycles. The van der Waals surface area contributed by atoms with Crippen LogP contribution in [-0.4, -0.2) is 24.0 Å². The summed E-state index contributed by atoms with van der Waals surface area (Å²) in [5.41, 5.74) is 4.24. The molecule has 0 atom stereocenters. The predicted octanol–water partition coefficient (Wildman–Crippen LogP) is 4.61. The lowest BCUT2D eigenvalue weighted by molar-refractivity contribution is -0.136. The Kier molecular flexibility index (Phi) is 7.59. The Morgan fingerprint density at radius 2 is 1.62 bits per heavy atom. The fourth-order valence-electron chi connectivity index (χ4n) is 2.58. The van der Waals surface area contributed by atoms with Crippen LogP contribution in [-0.2, 0) is 9.59 Å². The molecule has 2 amide bonds. The average molecular weight is 470 g/mol. The Morgan fingerprint density at radius 3 is 2.34 bits per heavy atom. The summed E-state index contributed by atoms with van der Waals surface area (Å²) in [5, 5.41) is 6.47. The maximum Gasteiger partial charge on any atom is 0.343 e. The molecule has 0 bridgehead atoms. The van der Waals surface area contributed by atoms with Crippen molar-refractivity contribution in [3.05, 3.63) is 93.5 Å². The first kappa shape index (κ1) is 23.0. The number of ether oxygens (including phenoxy) is 1. The molecule has 0 aliphatic carbocycles. The second-order valence-corrected chi connectivity index (χ2v) is 7.31. The number of benzene rings is 3. The van der Waals surface area contributed by atoms with E-state index in [0.29, 0.717) is 16.9 Å². The molecule has 3 aromatic rings. The molecule has 0 unspecified atom stereocenters. The standard InChI is InChI=1S/C23H17Cl2N3O4/c1-14-5-2-3-6-17(14)23(31)32-16-11-9-15(10-12-16)13-26-28-22(30)21(29)27-19-8-4-7-18(24)20(19)25/h2-13H,1H3,(H,27,29)(H,28,30)/b26-13+. The first-order valence-electron chi connectivity index (χ1n) is 9.31. The third-order valence-electron chi connectivity index (χ3n) is 4.24. The van der Waals surface area contributed by atoms with E-state index in [1.807, 2.05) is 19.1 Å². The third-order valence-corrected chi connectivity index (χ3v) is 5.06. The fraction of sp³-hybridized carbons (Fsp3) is 0.0435. The van der Waals surface area contributed by atoms with Crippen molar-refractivity contribution >= 4 is 52.9 Å². The van der Waals surface area contributed by atoms with Crippen molar-refractivity contribution < 1.29 is 19.1 Å². The molecule has 9 heteroatoms. The van der Waals surface area contributed by atoms with E-state index in [1.54, 1.807) is 48.5 Å². The summed E-state index contributed by atoms with van der Waals surface area (Å²) in [5.74, 6) is -2.04. The summed E-state index contributed by atoms with van der Waals surface area (Å²) in [7, 11) is 0. The maximum absolute atomic E-state index is 12.3. The number of anilines is 1. The molecule has 3 aromatic carbocycles. The normalized spacial score (nSPS) is 10.6. The molecule has 162 valence electrons. The van der Waals surface area contributed by atoms with Gasteiger partial charge in [-0.15, -0.1) is 0 Å².